The van der Waals surface area contributed by atoms with Gasteiger partial charge in [0, 0.05) is 32.0 Å². The van der Waals surface area contributed by atoms with Crippen LogP contribution in [0.5, 0.6) is 0 Å². The highest BCUT2D eigenvalue weighted by atomic mass is 35.5. The van der Waals surface area contributed by atoms with Gasteiger partial charge in [0.25, 0.3) is 0 Å². The lowest BCUT2D eigenvalue weighted by atomic mass is 10.1. The Bertz CT molecular complexity index is 802. The summed E-state index contributed by atoms with van der Waals surface area (Å²) in [5.41, 5.74) is 1.25. The quantitative estimate of drug-likeness (QED) is 0.899. The second-order valence-electron chi connectivity index (χ2n) is 5.53. The summed E-state index contributed by atoms with van der Waals surface area (Å²) in [5.74, 6) is -0.439. The second kappa shape index (κ2) is 7.57. The molecule has 1 aliphatic rings. The van der Waals surface area contributed by atoms with E-state index in [2.05, 4.69) is 10.3 Å². The Labute approximate surface area is 147 Å². The van der Waals surface area contributed by atoms with Gasteiger partial charge >= 0.3 is 0 Å². The maximum atomic E-state index is 13.3. The van der Waals surface area contributed by atoms with Crippen LogP contribution in [0.25, 0.3) is 0 Å². The number of pyridine rings is 1. The Morgan fingerprint density at radius 3 is 2.79 bits per heavy atom. The van der Waals surface area contributed by atoms with Crippen molar-refractivity contribution < 1.29 is 12.8 Å². The van der Waals surface area contributed by atoms with Crippen molar-refractivity contribution in [3.8, 4) is 0 Å². The van der Waals surface area contributed by atoms with E-state index in [1.54, 1.807) is 25.4 Å². The lowest BCUT2D eigenvalue weighted by Crippen LogP contribution is -2.48. The minimum absolute atomic E-state index is 0. The Morgan fingerprint density at radius 1 is 1.33 bits per heavy atom. The van der Waals surface area contributed by atoms with Crippen molar-refractivity contribution in [3.63, 3.8) is 0 Å². The number of aryl methyl sites for hydroxylation is 1. The lowest BCUT2D eigenvalue weighted by molar-refractivity contribution is 0.271. The first kappa shape index (κ1) is 18.8. The first-order valence-corrected chi connectivity index (χ1v) is 8.83. The molecule has 0 saturated carbocycles. The van der Waals surface area contributed by atoms with Gasteiger partial charge in [0.15, 0.2) is 0 Å². The lowest BCUT2D eigenvalue weighted by Gasteiger charge is -2.35. The van der Waals surface area contributed by atoms with Gasteiger partial charge in [-0.05, 0) is 42.3 Å². The number of sulfonamides is 1. The van der Waals surface area contributed by atoms with E-state index in [0.29, 0.717) is 25.2 Å². The number of aromatic nitrogens is 1. The highest BCUT2D eigenvalue weighted by Crippen LogP contribution is 2.30. The standard InChI is InChI=1S/C16H18FN3O2S.ClH/c1-12-9-14(17)4-5-16(12)23(21,22)20-8-7-19-11-15(20)13-3-2-6-18-10-13;/h2-6,9-10,15,19H,7-8,11H2,1H3;1H. The fourth-order valence-corrected chi connectivity index (χ4v) is 4.68. The molecule has 0 amide bonds. The van der Waals surface area contributed by atoms with Crippen LogP contribution in [0.3, 0.4) is 0 Å². The SMILES string of the molecule is Cc1cc(F)ccc1S(=O)(=O)N1CCNCC1c1cccnc1.Cl. The van der Waals surface area contributed by atoms with Crippen LogP contribution in [0.15, 0.2) is 47.6 Å². The van der Waals surface area contributed by atoms with E-state index in [9.17, 15) is 12.8 Å². The smallest absolute Gasteiger partial charge is 0.243 e. The van der Waals surface area contributed by atoms with Crippen molar-refractivity contribution in [1.82, 2.24) is 14.6 Å². The molecule has 8 heteroatoms. The highest BCUT2D eigenvalue weighted by Gasteiger charge is 2.35. The topological polar surface area (TPSA) is 62.3 Å². The largest absolute Gasteiger partial charge is 0.313 e. The summed E-state index contributed by atoms with van der Waals surface area (Å²) in [7, 11) is -3.71. The zero-order chi connectivity index (χ0) is 16.4. The molecular weight excluding hydrogens is 353 g/mol. The van der Waals surface area contributed by atoms with Crippen LogP contribution in [0.1, 0.15) is 17.2 Å². The molecule has 1 fully saturated rings. The van der Waals surface area contributed by atoms with Gasteiger partial charge < -0.3 is 5.32 Å². The minimum Gasteiger partial charge on any atom is -0.313 e. The Balaban J connectivity index is 0.00000208. The van der Waals surface area contributed by atoms with Crippen molar-refractivity contribution in [3.05, 3.63) is 59.7 Å². The predicted molar refractivity (Wildman–Crippen MR) is 92.1 cm³/mol. The van der Waals surface area contributed by atoms with E-state index in [0.717, 1.165) is 5.56 Å². The maximum Gasteiger partial charge on any atom is 0.243 e. The van der Waals surface area contributed by atoms with Crippen molar-refractivity contribution >= 4 is 22.4 Å². The molecular formula is C16H19ClFN3O2S. The van der Waals surface area contributed by atoms with Gasteiger partial charge in [0.05, 0.1) is 10.9 Å². The first-order valence-electron chi connectivity index (χ1n) is 7.39. The van der Waals surface area contributed by atoms with Crippen molar-refractivity contribution in [1.29, 1.82) is 0 Å². The van der Waals surface area contributed by atoms with Crippen LogP contribution in [-0.4, -0.2) is 37.3 Å². The molecule has 1 aliphatic heterocycles. The predicted octanol–water partition coefficient (Wildman–Crippen LogP) is 2.29. The van der Waals surface area contributed by atoms with Gasteiger partial charge in [-0.25, -0.2) is 12.8 Å². The molecule has 1 saturated heterocycles. The zero-order valence-electron chi connectivity index (χ0n) is 13.1. The number of benzene rings is 1. The molecule has 2 aromatic rings. The van der Waals surface area contributed by atoms with Crippen LogP contribution < -0.4 is 5.32 Å². The van der Waals surface area contributed by atoms with Crippen LogP contribution in [0.2, 0.25) is 0 Å². The fourth-order valence-electron chi connectivity index (χ4n) is 2.86. The number of hydrogen-bond acceptors (Lipinski definition) is 4. The monoisotopic (exact) mass is 371 g/mol. The van der Waals surface area contributed by atoms with E-state index in [1.165, 1.54) is 22.5 Å². The van der Waals surface area contributed by atoms with Crippen LogP contribution in [0.4, 0.5) is 4.39 Å². The summed E-state index contributed by atoms with van der Waals surface area (Å²) in [6.45, 7) is 3.07. The number of nitrogens with one attached hydrogen (secondary N) is 1. The molecule has 0 bridgehead atoms. The molecule has 1 unspecified atom stereocenters. The summed E-state index contributed by atoms with van der Waals surface area (Å²) in [4.78, 5) is 4.23. The molecule has 130 valence electrons. The number of rotatable bonds is 3. The molecule has 1 N–H and O–H groups in total. The normalized spacial score (nSPS) is 18.8. The molecule has 2 heterocycles. The first-order chi connectivity index (χ1) is 11.0. The van der Waals surface area contributed by atoms with Gasteiger partial charge in [0.1, 0.15) is 5.82 Å². The van der Waals surface area contributed by atoms with E-state index in [1.807, 2.05) is 6.07 Å². The summed E-state index contributed by atoms with van der Waals surface area (Å²) >= 11 is 0. The van der Waals surface area contributed by atoms with Gasteiger partial charge in [-0.15, -0.1) is 12.4 Å². The summed E-state index contributed by atoms with van der Waals surface area (Å²) < 4.78 is 40.9. The fraction of sp³-hybridized carbons (Fsp3) is 0.312. The number of halogens is 2. The summed E-state index contributed by atoms with van der Waals surface area (Å²) in [6, 6.07) is 7.09. The highest BCUT2D eigenvalue weighted by molar-refractivity contribution is 7.89. The molecule has 1 aromatic carbocycles. The van der Waals surface area contributed by atoms with Crippen molar-refractivity contribution in [2.45, 2.75) is 17.9 Å². The molecule has 0 spiro atoms. The third-order valence-corrected chi connectivity index (χ3v) is 6.06. The average molecular weight is 372 g/mol. The molecule has 1 aromatic heterocycles. The van der Waals surface area contributed by atoms with Gasteiger partial charge in [-0.3, -0.25) is 4.98 Å². The minimum atomic E-state index is -3.71. The third-order valence-electron chi connectivity index (χ3n) is 3.99. The Hall–Kier alpha value is -1.54. The van der Waals surface area contributed by atoms with E-state index >= 15 is 0 Å². The van der Waals surface area contributed by atoms with Crippen LogP contribution in [0, 0.1) is 12.7 Å². The van der Waals surface area contributed by atoms with Gasteiger partial charge in [-0.2, -0.15) is 4.31 Å². The number of hydrogen-bond donors (Lipinski definition) is 1. The molecule has 3 rings (SSSR count). The Kier molecular flexibility index (Phi) is 5.92. The Morgan fingerprint density at radius 2 is 2.12 bits per heavy atom. The summed E-state index contributed by atoms with van der Waals surface area (Å²) in [5, 5.41) is 3.22. The third kappa shape index (κ3) is 3.59. The van der Waals surface area contributed by atoms with E-state index in [4.69, 9.17) is 0 Å². The summed E-state index contributed by atoms with van der Waals surface area (Å²) in [6.07, 6.45) is 3.33. The van der Waals surface area contributed by atoms with Crippen LogP contribution >= 0.6 is 12.4 Å². The molecule has 1 atom stereocenters. The van der Waals surface area contributed by atoms with Crippen molar-refractivity contribution in [2.75, 3.05) is 19.6 Å². The van der Waals surface area contributed by atoms with Gasteiger partial charge in [-0.1, -0.05) is 6.07 Å². The molecule has 5 nitrogen and oxygen atoms in total. The van der Waals surface area contributed by atoms with Crippen molar-refractivity contribution in [2.24, 2.45) is 0 Å². The van der Waals surface area contributed by atoms with Crippen LogP contribution in [-0.2, 0) is 10.0 Å². The zero-order valence-corrected chi connectivity index (χ0v) is 14.8. The number of nitrogens with zero attached hydrogens (tertiary/aromatic N) is 2. The van der Waals surface area contributed by atoms with E-state index < -0.39 is 15.8 Å². The molecule has 0 aliphatic carbocycles. The number of piperazine rings is 1. The average Bonchev–Trinajstić information content (AvgIpc) is 2.55. The maximum absolute atomic E-state index is 13.3. The second-order valence-corrected chi connectivity index (χ2v) is 7.39. The van der Waals surface area contributed by atoms with E-state index in [-0.39, 0.29) is 23.3 Å². The molecule has 24 heavy (non-hydrogen) atoms. The molecule has 0 radical (unpaired) electrons. The van der Waals surface area contributed by atoms with Gasteiger partial charge in [0.2, 0.25) is 10.0 Å².